The van der Waals surface area contributed by atoms with Crippen molar-refractivity contribution < 1.29 is 14.3 Å². The van der Waals surface area contributed by atoms with Gasteiger partial charge in [-0.05, 0) is 26.2 Å². The molecule has 1 saturated heterocycles. The van der Waals surface area contributed by atoms with Gasteiger partial charge in [0.15, 0.2) is 0 Å². The third-order valence-corrected chi connectivity index (χ3v) is 4.04. The predicted octanol–water partition coefficient (Wildman–Crippen LogP) is 0.981. The van der Waals surface area contributed by atoms with Crippen molar-refractivity contribution in [2.45, 2.75) is 38.7 Å². The molecule has 3 rings (SSSR count). The van der Waals surface area contributed by atoms with E-state index in [4.69, 9.17) is 9.47 Å². The second-order valence-electron chi connectivity index (χ2n) is 5.36. The SMILES string of the molecule is CCOc1ncnc2c1CCN(C(=O)[C@@H]1CCCO1)CC2. The Morgan fingerprint density at radius 2 is 2.29 bits per heavy atom. The third-order valence-electron chi connectivity index (χ3n) is 4.04. The molecule has 1 atom stereocenters. The number of hydrogen-bond donors (Lipinski definition) is 0. The highest BCUT2D eigenvalue weighted by molar-refractivity contribution is 5.81. The highest BCUT2D eigenvalue weighted by Gasteiger charge is 2.30. The van der Waals surface area contributed by atoms with E-state index in [9.17, 15) is 4.79 Å². The molecule has 1 aromatic heterocycles. The Kier molecular flexibility index (Phi) is 4.34. The lowest BCUT2D eigenvalue weighted by Gasteiger charge is -2.23. The normalized spacial score (nSPS) is 21.8. The first-order chi connectivity index (χ1) is 10.3. The van der Waals surface area contributed by atoms with E-state index in [0.717, 1.165) is 36.9 Å². The molecule has 1 aromatic rings. The smallest absolute Gasteiger partial charge is 0.251 e. The van der Waals surface area contributed by atoms with Crippen molar-refractivity contribution in [2.75, 3.05) is 26.3 Å². The Morgan fingerprint density at radius 3 is 3.05 bits per heavy atom. The Bertz CT molecular complexity index is 515. The summed E-state index contributed by atoms with van der Waals surface area (Å²) in [5.41, 5.74) is 2.04. The maximum atomic E-state index is 12.4. The lowest BCUT2D eigenvalue weighted by Crippen LogP contribution is -2.40. The molecule has 0 N–H and O–H groups in total. The Balaban J connectivity index is 1.72. The van der Waals surface area contributed by atoms with Crippen LogP contribution in [0.5, 0.6) is 5.88 Å². The molecule has 0 radical (unpaired) electrons. The van der Waals surface area contributed by atoms with Gasteiger partial charge in [0.1, 0.15) is 12.4 Å². The van der Waals surface area contributed by atoms with Crippen molar-refractivity contribution in [3.05, 3.63) is 17.6 Å². The van der Waals surface area contributed by atoms with Crippen LogP contribution in [0.15, 0.2) is 6.33 Å². The van der Waals surface area contributed by atoms with Gasteiger partial charge in [0.25, 0.3) is 5.91 Å². The Morgan fingerprint density at radius 1 is 1.43 bits per heavy atom. The zero-order valence-electron chi connectivity index (χ0n) is 12.4. The number of ether oxygens (including phenoxy) is 2. The summed E-state index contributed by atoms with van der Waals surface area (Å²) in [4.78, 5) is 22.9. The highest BCUT2D eigenvalue weighted by atomic mass is 16.5. The van der Waals surface area contributed by atoms with Gasteiger partial charge in [-0.2, -0.15) is 0 Å². The molecule has 0 saturated carbocycles. The van der Waals surface area contributed by atoms with Crippen LogP contribution in [-0.2, 0) is 22.4 Å². The van der Waals surface area contributed by atoms with Crippen molar-refractivity contribution in [1.82, 2.24) is 14.9 Å². The van der Waals surface area contributed by atoms with Gasteiger partial charge in [-0.1, -0.05) is 0 Å². The molecule has 0 bridgehead atoms. The standard InChI is InChI=1S/C15H21N3O3/c1-2-20-14-11-5-7-18(8-6-12(11)16-10-17-14)15(19)13-4-3-9-21-13/h10,13H,2-9H2,1H3/t13-/m0/s1. The van der Waals surface area contributed by atoms with E-state index in [1.54, 1.807) is 6.33 Å². The molecule has 114 valence electrons. The minimum atomic E-state index is -0.247. The fourth-order valence-corrected chi connectivity index (χ4v) is 2.95. The van der Waals surface area contributed by atoms with Gasteiger partial charge in [0.05, 0.1) is 12.3 Å². The van der Waals surface area contributed by atoms with Gasteiger partial charge in [-0.25, -0.2) is 9.97 Å². The van der Waals surface area contributed by atoms with Gasteiger partial charge in [0.2, 0.25) is 5.88 Å². The van der Waals surface area contributed by atoms with E-state index < -0.39 is 0 Å². The minimum absolute atomic E-state index is 0.117. The van der Waals surface area contributed by atoms with Gasteiger partial charge >= 0.3 is 0 Å². The zero-order chi connectivity index (χ0) is 14.7. The lowest BCUT2D eigenvalue weighted by atomic mass is 10.1. The van der Waals surface area contributed by atoms with Crippen LogP contribution in [-0.4, -0.2) is 53.2 Å². The Labute approximate surface area is 124 Å². The van der Waals surface area contributed by atoms with Crippen LogP contribution in [0.3, 0.4) is 0 Å². The van der Waals surface area contributed by atoms with Crippen molar-refractivity contribution in [1.29, 1.82) is 0 Å². The van der Waals surface area contributed by atoms with E-state index >= 15 is 0 Å². The van der Waals surface area contributed by atoms with E-state index in [1.807, 2.05) is 11.8 Å². The fraction of sp³-hybridized carbons (Fsp3) is 0.667. The predicted molar refractivity (Wildman–Crippen MR) is 76.2 cm³/mol. The summed E-state index contributed by atoms with van der Waals surface area (Å²) in [7, 11) is 0. The van der Waals surface area contributed by atoms with Crippen molar-refractivity contribution in [3.63, 3.8) is 0 Å². The highest BCUT2D eigenvalue weighted by Crippen LogP contribution is 2.23. The molecule has 2 aliphatic heterocycles. The second kappa shape index (κ2) is 6.39. The number of carbonyl (C=O) groups is 1. The number of aromatic nitrogens is 2. The molecular weight excluding hydrogens is 270 g/mol. The summed E-state index contributed by atoms with van der Waals surface area (Å²) in [6.07, 6.45) is 4.60. The molecule has 21 heavy (non-hydrogen) atoms. The average molecular weight is 291 g/mol. The molecule has 0 unspecified atom stereocenters. The van der Waals surface area contributed by atoms with Crippen molar-refractivity contribution >= 4 is 5.91 Å². The summed E-state index contributed by atoms with van der Waals surface area (Å²) >= 11 is 0. The monoisotopic (exact) mass is 291 g/mol. The van der Waals surface area contributed by atoms with Gasteiger partial charge in [0, 0.05) is 31.7 Å². The van der Waals surface area contributed by atoms with Gasteiger partial charge in [-0.3, -0.25) is 4.79 Å². The molecule has 6 nitrogen and oxygen atoms in total. The van der Waals surface area contributed by atoms with Crippen LogP contribution in [0.1, 0.15) is 31.0 Å². The first kappa shape index (κ1) is 14.3. The molecule has 1 fully saturated rings. The van der Waals surface area contributed by atoms with E-state index in [0.29, 0.717) is 32.2 Å². The fourth-order valence-electron chi connectivity index (χ4n) is 2.95. The van der Waals surface area contributed by atoms with E-state index in [2.05, 4.69) is 9.97 Å². The summed E-state index contributed by atoms with van der Waals surface area (Å²) < 4.78 is 11.1. The summed E-state index contributed by atoms with van der Waals surface area (Å²) in [5.74, 6) is 0.778. The first-order valence-corrected chi connectivity index (χ1v) is 7.65. The van der Waals surface area contributed by atoms with Crippen LogP contribution < -0.4 is 4.74 Å². The van der Waals surface area contributed by atoms with Crippen molar-refractivity contribution in [3.8, 4) is 5.88 Å². The Hall–Kier alpha value is -1.69. The van der Waals surface area contributed by atoms with Crippen LogP contribution >= 0.6 is 0 Å². The number of nitrogens with zero attached hydrogens (tertiary/aromatic N) is 3. The molecule has 0 aliphatic carbocycles. The minimum Gasteiger partial charge on any atom is -0.478 e. The van der Waals surface area contributed by atoms with Gasteiger partial charge < -0.3 is 14.4 Å². The topological polar surface area (TPSA) is 64.6 Å². The summed E-state index contributed by atoms with van der Waals surface area (Å²) in [5, 5.41) is 0. The molecule has 6 heteroatoms. The van der Waals surface area contributed by atoms with Crippen LogP contribution in [0.4, 0.5) is 0 Å². The van der Waals surface area contributed by atoms with E-state index in [1.165, 1.54) is 0 Å². The van der Waals surface area contributed by atoms with E-state index in [-0.39, 0.29) is 12.0 Å². The van der Waals surface area contributed by atoms with Crippen LogP contribution in [0.25, 0.3) is 0 Å². The molecular formula is C15H21N3O3. The number of hydrogen-bond acceptors (Lipinski definition) is 5. The average Bonchev–Trinajstić information content (AvgIpc) is 2.94. The van der Waals surface area contributed by atoms with Crippen LogP contribution in [0.2, 0.25) is 0 Å². The molecule has 0 spiro atoms. The van der Waals surface area contributed by atoms with Crippen molar-refractivity contribution in [2.24, 2.45) is 0 Å². The molecule has 3 heterocycles. The largest absolute Gasteiger partial charge is 0.478 e. The summed E-state index contributed by atoms with van der Waals surface area (Å²) in [6, 6.07) is 0. The van der Waals surface area contributed by atoms with Gasteiger partial charge in [-0.15, -0.1) is 0 Å². The lowest BCUT2D eigenvalue weighted by molar-refractivity contribution is -0.140. The maximum absolute atomic E-state index is 12.4. The maximum Gasteiger partial charge on any atom is 0.251 e. The zero-order valence-corrected chi connectivity index (χ0v) is 12.4. The quantitative estimate of drug-likeness (QED) is 0.830. The number of rotatable bonds is 3. The molecule has 2 aliphatic rings. The number of amides is 1. The molecule has 1 amide bonds. The first-order valence-electron chi connectivity index (χ1n) is 7.65. The van der Waals surface area contributed by atoms with Crippen LogP contribution in [0, 0.1) is 0 Å². The number of fused-ring (bicyclic) bond motifs is 1. The molecule has 0 aromatic carbocycles. The third kappa shape index (κ3) is 3.00. The summed E-state index contributed by atoms with van der Waals surface area (Å²) in [6.45, 7) is 4.60. The number of carbonyl (C=O) groups excluding carboxylic acids is 1. The second-order valence-corrected chi connectivity index (χ2v) is 5.36.